The second kappa shape index (κ2) is 9.47. The van der Waals surface area contributed by atoms with Gasteiger partial charge in [0.1, 0.15) is 17.2 Å². The number of halogens is 3. The van der Waals surface area contributed by atoms with Gasteiger partial charge in [0.05, 0.1) is 6.42 Å². The summed E-state index contributed by atoms with van der Waals surface area (Å²) in [6, 6.07) is 14.8. The number of nitrogens with zero attached hydrogens (tertiary/aromatic N) is 1. The van der Waals surface area contributed by atoms with Crippen LogP contribution in [0.15, 0.2) is 54.6 Å². The Morgan fingerprint density at radius 3 is 2.53 bits per heavy atom. The van der Waals surface area contributed by atoms with E-state index in [0.29, 0.717) is 46.2 Å². The topological polar surface area (TPSA) is 87.1 Å². The van der Waals surface area contributed by atoms with Crippen LogP contribution in [0.25, 0.3) is 11.1 Å². The summed E-state index contributed by atoms with van der Waals surface area (Å²) in [5, 5.41) is 18.2. The summed E-state index contributed by atoms with van der Waals surface area (Å²) in [6.45, 7) is 0.289. The maximum Gasteiger partial charge on any atom is 0.426 e. The number of ether oxygens (including phenoxy) is 1. The van der Waals surface area contributed by atoms with E-state index in [1.54, 1.807) is 48.5 Å². The molecule has 0 bridgehead atoms. The molecule has 1 atom stereocenters. The number of aliphatic hydroxyl groups is 1. The molecule has 1 aliphatic rings. The third-order valence-corrected chi connectivity index (χ3v) is 6.56. The third kappa shape index (κ3) is 5.07. The summed E-state index contributed by atoms with van der Waals surface area (Å²) < 4.78 is 46.5. The Kier molecular flexibility index (Phi) is 6.63. The minimum atomic E-state index is -4.48. The molecule has 1 unspecified atom stereocenters. The van der Waals surface area contributed by atoms with Gasteiger partial charge in [-0.25, -0.2) is 4.79 Å². The van der Waals surface area contributed by atoms with E-state index in [-0.39, 0.29) is 12.2 Å². The van der Waals surface area contributed by atoms with Crippen molar-refractivity contribution in [3.63, 3.8) is 0 Å². The lowest BCUT2D eigenvalue weighted by molar-refractivity contribution is -0.148. The van der Waals surface area contributed by atoms with E-state index in [9.17, 15) is 27.9 Å². The number of aliphatic carboxylic acids is 1. The van der Waals surface area contributed by atoms with E-state index in [1.807, 2.05) is 0 Å². The summed E-state index contributed by atoms with van der Waals surface area (Å²) in [7, 11) is 0. The quantitative estimate of drug-likeness (QED) is 0.499. The van der Waals surface area contributed by atoms with Crippen molar-refractivity contribution in [2.24, 2.45) is 0 Å². The molecule has 3 aromatic rings. The summed E-state index contributed by atoms with van der Waals surface area (Å²) in [4.78, 5) is 24.3. The maximum atomic E-state index is 13.6. The zero-order chi connectivity index (χ0) is 24.5. The van der Waals surface area contributed by atoms with Crippen LogP contribution < -0.4 is 9.64 Å². The second-order valence-corrected chi connectivity index (χ2v) is 8.89. The highest BCUT2D eigenvalue weighted by molar-refractivity contribution is 7.12. The summed E-state index contributed by atoms with van der Waals surface area (Å²) in [6.07, 6.45) is -6.27. The molecule has 34 heavy (non-hydrogen) atoms. The highest BCUT2D eigenvalue weighted by Gasteiger charge is 2.36. The number of benzene rings is 2. The lowest BCUT2D eigenvalue weighted by atomic mass is 10.1. The molecule has 178 valence electrons. The highest BCUT2D eigenvalue weighted by atomic mass is 32.1. The summed E-state index contributed by atoms with van der Waals surface area (Å²) >= 11 is 0.644. The van der Waals surface area contributed by atoms with Crippen molar-refractivity contribution in [1.29, 1.82) is 0 Å². The van der Waals surface area contributed by atoms with Gasteiger partial charge in [0.25, 0.3) is 0 Å². The maximum absolute atomic E-state index is 13.6. The fourth-order valence-electron chi connectivity index (χ4n) is 3.80. The van der Waals surface area contributed by atoms with E-state index < -0.39 is 35.5 Å². The normalized spacial score (nSPS) is 14.1. The minimum Gasteiger partial charge on any atom is -0.488 e. The standard InChI is InChI=1S/C24H20F3NO5S/c25-24(26,27)22-18(14-4-2-1-3-5-14)11-17(34-22)13-33-16-6-7-19-15(10-16)8-9-28(19)21(30)12-20(29)23(31)32/h1-7,10-11,20,29H,8-9,12-13H2,(H,31,32). The van der Waals surface area contributed by atoms with Crippen molar-refractivity contribution in [1.82, 2.24) is 0 Å². The monoisotopic (exact) mass is 491 g/mol. The molecule has 0 radical (unpaired) electrons. The number of alkyl halides is 3. The van der Waals surface area contributed by atoms with Crippen molar-refractivity contribution in [2.45, 2.75) is 31.7 Å². The Balaban J connectivity index is 1.48. The van der Waals surface area contributed by atoms with Crippen LogP contribution in [0.5, 0.6) is 5.75 Å². The fraction of sp³-hybridized carbons (Fsp3) is 0.250. The number of rotatable bonds is 7. The molecule has 0 saturated heterocycles. The van der Waals surface area contributed by atoms with Gasteiger partial charge in [-0.3, -0.25) is 4.79 Å². The smallest absolute Gasteiger partial charge is 0.426 e. The number of anilines is 1. The van der Waals surface area contributed by atoms with Gasteiger partial charge in [0.15, 0.2) is 6.10 Å². The van der Waals surface area contributed by atoms with Crippen molar-refractivity contribution in [3.8, 4) is 16.9 Å². The Morgan fingerprint density at radius 2 is 1.85 bits per heavy atom. The number of thiophene rings is 1. The molecule has 1 aliphatic heterocycles. The molecular formula is C24H20F3NO5S. The zero-order valence-corrected chi connectivity index (χ0v) is 18.5. The molecular weight excluding hydrogens is 471 g/mol. The van der Waals surface area contributed by atoms with Gasteiger partial charge in [-0.15, -0.1) is 11.3 Å². The van der Waals surface area contributed by atoms with Crippen molar-refractivity contribution < 1.29 is 37.7 Å². The summed E-state index contributed by atoms with van der Waals surface area (Å²) in [5.74, 6) is -1.52. The third-order valence-electron chi connectivity index (χ3n) is 5.41. The highest BCUT2D eigenvalue weighted by Crippen LogP contribution is 2.43. The van der Waals surface area contributed by atoms with Crippen LogP contribution in [0.3, 0.4) is 0 Å². The van der Waals surface area contributed by atoms with Crippen LogP contribution in [-0.4, -0.2) is 34.7 Å². The first-order valence-corrected chi connectivity index (χ1v) is 11.2. The molecule has 2 heterocycles. The second-order valence-electron chi connectivity index (χ2n) is 7.75. The van der Waals surface area contributed by atoms with Crippen molar-refractivity contribution in [3.05, 3.63) is 69.9 Å². The Bertz CT molecular complexity index is 1210. The SMILES string of the molecule is O=C(O)C(O)CC(=O)N1CCc2cc(OCc3cc(-c4ccccc4)c(C(F)(F)F)s3)ccc21. The first-order chi connectivity index (χ1) is 16.1. The van der Waals surface area contributed by atoms with E-state index in [4.69, 9.17) is 9.84 Å². The fourth-order valence-corrected chi connectivity index (χ4v) is 4.76. The largest absolute Gasteiger partial charge is 0.488 e. The van der Waals surface area contributed by atoms with Gasteiger partial charge < -0.3 is 19.8 Å². The predicted molar refractivity (Wildman–Crippen MR) is 120 cm³/mol. The van der Waals surface area contributed by atoms with Gasteiger partial charge in [-0.1, -0.05) is 30.3 Å². The Morgan fingerprint density at radius 1 is 1.12 bits per heavy atom. The van der Waals surface area contributed by atoms with E-state index in [0.717, 1.165) is 5.56 Å². The molecule has 0 spiro atoms. The Hall–Kier alpha value is -3.37. The van der Waals surface area contributed by atoms with Crippen LogP contribution in [-0.2, 0) is 28.8 Å². The van der Waals surface area contributed by atoms with Crippen LogP contribution in [0.1, 0.15) is 21.7 Å². The predicted octanol–water partition coefficient (Wildman–Crippen LogP) is 4.74. The molecule has 2 aromatic carbocycles. The lowest BCUT2D eigenvalue weighted by Gasteiger charge is -2.18. The number of hydrogen-bond acceptors (Lipinski definition) is 5. The molecule has 1 aromatic heterocycles. The molecule has 10 heteroatoms. The number of fused-ring (bicyclic) bond motifs is 1. The number of amides is 1. The van der Waals surface area contributed by atoms with Crippen LogP contribution in [0.4, 0.5) is 18.9 Å². The van der Waals surface area contributed by atoms with E-state index in [1.165, 1.54) is 11.0 Å². The van der Waals surface area contributed by atoms with Crippen LogP contribution in [0.2, 0.25) is 0 Å². The first kappa shape index (κ1) is 23.8. The van der Waals surface area contributed by atoms with E-state index in [2.05, 4.69) is 0 Å². The van der Waals surface area contributed by atoms with Gasteiger partial charge in [0, 0.05) is 22.7 Å². The average Bonchev–Trinajstić information content (AvgIpc) is 3.42. The molecule has 2 N–H and O–H groups in total. The molecule has 0 fully saturated rings. The number of carboxylic acid groups (broad SMARTS) is 1. The van der Waals surface area contributed by atoms with Crippen molar-refractivity contribution in [2.75, 3.05) is 11.4 Å². The van der Waals surface area contributed by atoms with Crippen molar-refractivity contribution >= 4 is 28.9 Å². The molecule has 0 aliphatic carbocycles. The molecule has 4 rings (SSSR count). The van der Waals surface area contributed by atoms with E-state index >= 15 is 0 Å². The zero-order valence-electron chi connectivity index (χ0n) is 17.7. The number of carboxylic acids is 1. The number of hydrogen-bond donors (Lipinski definition) is 2. The number of aliphatic hydroxyl groups excluding tert-OH is 1. The van der Waals surface area contributed by atoms with Gasteiger partial charge >= 0.3 is 12.1 Å². The molecule has 6 nitrogen and oxygen atoms in total. The van der Waals surface area contributed by atoms with Gasteiger partial charge in [-0.2, -0.15) is 13.2 Å². The summed E-state index contributed by atoms with van der Waals surface area (Å²) in [5.41, 5.74) is 1.98. The Labute approximate surface area is 196 Å². The molecule has 0 saturated carbocycles. The van der Waals surface area contributed by atoms with Gasteiger partial charge in [0.2, 0.25) is 5.91 Å². The number of carbonyl (C=O) groups is 2. The van der Waals surface area contributed by atoms with Crippen LogP contribution in [0, 0.1) is 0 Å². The average molecular weight is 491 g/mol. The van der Waals surface area contributed by atoms with Crippen LogP contribution >= 0.6 is 11.3 Å². The van der Waals surface area contributed by atoms with Gasteiger partial charge in [-0.05, 0) is 41.8 Å². The first-order valence-electron chi connectivity index (χ1n) is 10.4. The minimum absolute atomic E-state index is 0.0488. The molecule has 1 amide bonds. The lowest BCUT2D eigenvalue weighted by Crippen LogP contribution is -2.34. The number of carbonyl (C=O) groups excluding carboxylic acids is 1.